The molecule has 2 aromatic rings. The molecule has 46 heavy (non-hydrogen) atoms. The highest BCUT2D eigenvalue weighted by molar-refractivity contribution is 8.00. The third kappa shape index (κ3) is 8.39. The Kier molecular flexibility index (Phi) is 11.4. The summed E-state index contributed by atoms with van der Waals surface area (Å²) in [5.74, 6) is -1.64. The topological polar surface area (TPSA) is 197 Å². The SMILES string of the molecule is COCc1cc(SCOC(=O)C2=CC(c3csc(N)n3)S[C@H]3C(NC(=O)/C=N\OC)C(=O)N23)c(OC)c[n+]1NC(=O)OC(C)(C)C. The number of esters is 1. The Morgan fingerprint density at radius 1 is 1.26 bits per heavy atom. The summed E-state index contributed by atoms with van der Waals surface area (Å²) in [5, 5.41) is 7.07. The van der Waals surface area contributed by atoms with Crippen molar-refractivity contribution in [3.8, 4) is 5.75 Å². The number of nitrogens with one attached hydrogen (secondary N) is 2. The predicted molar refractivity (Wildman–Crippen MR) is 169 cm³/mol. The molecule has 0 radical (unpaired) electrons. The van der Waals surface area contributed by atoms with Gasteiger partial charge in [0.2, 0.25) is 11.9 Å². The molecule has 2 aromatic heterocycles. The molecule has 4 rings (SSSR count). The fraction of sp³-hybridized carbons (Fsp3) is 0.444. The number of methoxy groups -OCH3 is 2. The van der Waals surface area contributed by atoms with E-state index >= 15 is 0 Å². The normalized spacial score (nSPS) is 19.1. The number of oxime groups is 1. The van der Waals surface area contributed by atoms with Crippen LogP contribution in [-0.4, -0.2) is 84.3 Å². The van der Waals surface area contributed by atoms with Crippen molar-refractivity contribution in [1.82, 2.24) is 15.2 Å². The van der Waals surface area contributed by atoms with Gasteiger partial charge in [-0.25, -0.2) is 14.6 Å². The zero-order valence-electron chi connectivity index (χ0n) is 25.8. The van der Waals surface area contributed by atoms with Gasteiger partial charge in [0.15, 0.2) is 10.9 Å². The molecular formula is C27H34N7O9S3+. The maximum Gasteiger partial charge on any atom is 0.461 e. The first kappa shape index (κ1) is 34.8. The molecule has 2 aliphatic rings. The molecule has 4 heterocycles. The Labute approximate surface area is 276 Å². The van der Waals surface area contributed by atoms with E-state index in [1.54, 1.807) is 44.5 Å². The van der Waals surface area contributed by atoms with Gasteiger partial charge in [-0.05, 0) is 26.8 Å². The van der Waals surface area contributed by atoms with E-state index < -0.39 is 46.1 Å². The fourth-order valence-corrected chi connectivity index (χ4v) is 7.18. The van der Waals surface area contributed by atoms with Gasteiger partial charge in [0.1, 0.15) is 48.6 Å². The van der Waals surface area contributed by atoms with Crippen LogP contribution in [0.4, 0.5) is 9.93 Å². The van der Waals surface area contributed by atoms with Crippen LogP contribution in [0.25, 0.3) is 0 Å². The number of pyridine rings is 1. The van der Waals surface area contributed by atoms with Gasteiger partial charge in [-0.2, -0.15) is 0 Å². The van der Waals surface area contributed by atoms with Gasteiger partial charge in [0.25, 0.3) is 11.8 Å². The molecule has 16 nitrogen and oxygen atoms in total. The number of rotatable bonds is 12. The number of nitrogens with two attached hydrogens (primary N) is 1. The molecule has 0 bridgehead atoms. The third-order valence-corrected chi connectivity index (χ3v) is 9.13. The molecular weight excluding hydrogens is 663 g/mol. The molecule has 0 saturated carbocycles. The minimum absolute atomic E-state index is 0.0153. The summed E-state index contributed by atoms with van der Waals surface area (Å²) < 4.78 is 23.2. The minimum Gasteiger partial charge on any atom is -0.490 e. The van der Waals surface area contributed by atoms with Gasteiger partial charge in [0, 0.05) is 18.6 Å². The van der Waals surface area contributed by atoms with Crippen molar-refractivity contribution >= 4 is 70.1 Å². The van der Waals surface area contributed by atoms with Crippen LogP contribution < -0.4 is 25.9 Å². The molecule has 0 spiro atoms. The number of thiazole rings is 1. The average molecular weight is 697 g/mol. The lowest BCUT2D eigenvalue weighted by atomic mass is 10.0. The number of hydrogen-bond donors (Lipinski definition) is 3. The van der Waals surface area contributed by atoms with Crippen LogP contribution in [0.2, 0.25) is 0 Å². The van der Waals surface area contributed by atoms with Gasteiger partial charge < -0.3 is 34.8 Å². The number of nitrogens with zero attached hydrogens (tertiary/aromatic N) is 4. The van der Waals surface area contributed by atoms with Crippen molar-refractivity contribution in [2.45, 2.75) is 54.5 Å². The average Bonchev–Trinajstić information content (AvgIpc) is 3.44. The molecule has 4 N–H and O–H groups in total. The van der Waals surface area contributed by atoms with E-state index in [-0.39, 0.29) is 18.2 Å². The number of fused-ring (bicyclic) bond motifs is 1. The number of nitrogen functional groups attached to an aromatic ring is 1. The second-order valence-electron chi connectivity index (χ2n) is 10.5. The van der Waals surface area contributed by atoms with Crippen LogP contribution in [-0.2, 0) is 40.0 Å². The molecule has 1 fully saturated rings. The summed E-state index contributed by atoms with van der Waals surface area (Å²) in [6.07, 6.45) is 3.38. The van der Waals surface area contributed by atoms with Gasteiger partial charge in [-0.1, -0.05) is 27.0 Å². The first-order valence-electron chi connectivity index (χ1n) is 13.5. The predicted octanol–water partition coefficient (Wildman–Crippen LogP) is 1.90. The summed E-state index contributed by atoms with van der Waals surface area (Å²) in [4.78, 5) is 61.8. The number of β-lactam (4-membered cyclic amide) rings is 1. The van der Waals surface area contributed by atoms with Gasteiger partial charge in [-0.15, -0.1) is 23.1 Å². The molecule has 19 heteroatoms. The number of aromatic nitrogens is 2. The summed E-state index contributed by atoms with van der Waals surface area (Å²) in [7, 11) is 4.25. The second kappa shape index (κ2) is 15.0. The summed E-state index contributed by atoms with van der Waals surface area (Å²) >= 11 is 3.73. The van der Waals surface area contributed by atoms with Crippen LogP contribution in [0, 0.1) is 0 Å². The standard InChI is InChI=1S/C27H33N7O9S3/c1-27(2,3)43-26(38)32-33-10-17(40-5)19(7-14(33)11-39-4)45-13-42-24(37)16-8-18(15-12-44-25(28)30-15)46-23-21(22(36)34(16)23)31-20(35)9-29-41-6/h7-10,12,18,21,23H,11,13H2,1-6H3,(H3-,28,30,31,32,35,38)/p+1/b29-9-/t18?,21?,23-/m0/s1. The maximum absolute atomic E-state index is 13.4. The molecule has 3 atom stereocenters. The summed E-state index contributed by atoms with van der Waals surface area (Å²) in [6, 6.07) is 0.797. The summed E-state index contributed by atoms with van der Waals surface area (Å²) in [5.41, 5.74) is 8.94. The molecule has 3 amide bonds. The van der Waals surface area contributed by atoms with Crippen molar-refractivity contribution in [2.24, 2.45) is 5.16 Å². The van der Waals surface area contributed by atoms with E-state index in [9.17, 15) is 19.2 Å². The minimum atomic E-state index is -0.918. The lowest BCUT2D eigenvalue weighted by Gasteiger charge is -2.49. The van der Waals surface area contributed by atoms with E-state index in [1.807, 2.05) is 0 Å². The maximum atomic E-state index is 13.4. The lowest BCUT2D eigenvalue weighted by Crippen LogP contribution is -2.70. The molecule has 0 aromatic carbocycles. The highest BCUT2D eigenvalue weighted by Gasteiger charge is 2.55. The largest absolute Gasteiger partial charge is 0.490 e. The number of ether oxygens (including phenoxy) is 4. The van der Waals surface area contributed by atoms with Crippen molar-refractivity contribution in [1.29, 1.82) is 0 Å². The third-order valence-electron chi connectivity index (χ3n) is 6.13. The lowest BCUT2D eigenvalue weighted by molar-refractivity contribution is -0.653. The van der Waals surface area contributed by atoms with Gasteiger partial charge >= 0.3 is 12.1 Å². The number of hydrogen-bond acceptors (Lipinski definition) is 15. The van der Waals surface area contributed by atoms with E-state index in [2.05, 4.69) is 25.7 Å². The van der Waals surface area contributed by atoms with E-state index in [0.717, 1.165) is 18.0 Å². The highest BCUT2D eigenvalue weighted by atomic mass is 32.2. The van der Waals surface area contributed by atoms with Crippen LogP contribution >= 0.6 is 34.9 Å². The van der Waals surface area contributed by atoms with Crippen LogP contribution in [0.5, 0.6) is 5.75 Å². The quantitative estimate of drug-likeness (QED) is 0.0554. The molecule has 2 aliphatic heterocycles. The molecule has 2 unspecified atom stereocenters. The zero-order chi connectivity index (χ0) is 33.6. The fourth-order valence-electron chi connectivity index (χ4n) is 4.25. The van der Waals surface area contributed by atoms with Gasteiger partial charge in [0.05, 0.1) is 22.9 Å². The number of carbonyl (C=O) groups excluding carboxylic acids is 4. The van der Waals surface area contributed by atoms with E-state index in [4.69, 9.17) is 24.7 Å². The Balaban J connectivity index is 1.50. The smallest absolute Gasteiger partial charge is 0.461 e. The number of carbonyl (C=O) groups is 4. The Bertz CT molecular complexity index is 1540. The highest BCUT2D eigenvalue weighted by Crippen LogP contribution is 2.48. The first-order valence-corrected chi connectivity index (χ1v) is 16.4. The Hall–Kier alpha value is -4.07. The van der Waals surface area contributed by atoms with Crippen molar-refractivity contribution in [3.63, 3.8) is 0 Å². The monoisotopic (exact) mass is 696 g/mol. The van der Waals surface area contributed by atoms with Crippen molar-refractivity contribution < 1.29 is 47.6 Å². The Morgan fingerprint density at radius 3 is 2.65 bits per heavy atom. The van der Waals surface area contributed by atoms with E-state index in [1.165, 1.54) is 54.0 Å². The summed E-state index contributed by atoms with van der Waals surface area (Å²) in [6.45, 7) is 5.38. The first-order chi connectivity index (χ1) is 21.8. The van der Waals surface area contributed by atoms with Crippen molar-refractivity contribution in [3.05, 3.63) is 40.8 Å². The van der Waals surface area contributed by atoms with Crippen molar-refractivity contribution in [2.75, 3.05) is 38.4 Å². The molecule has 248 valence electrons. The van der Waals surface area contributed by atoms with Gasteiger partial charge in [-0.3, -0.25) is 14.5 Å². The molecule has 0 aliphatic carbocycles. The van der Waals surface area contributed by atoms with Crippen LogP contribution in [0.3, 0.4) is 0 Å². The Morgan fingerprint density at radius 2 is 2.02 bits per heavy atom. The number of amides is 3. The second-order valence-corrected chi connectivity index (χ2v) is 13.6. The number of anilines is 1. The van der Waals surface area contributed by atoms with Crippen LogP contribution in [0.1, 0.15) is 37.4 Å². The number of thioether (sulfide) groups is 2. The zero-order valence-corrected chi connectivity index (χ0v) is 28.2. The molecule has 1 saturated heterocycles. The van der Waals surface area contributed by atoms with Crippen LogP contribution in [0.15, 0.2) is 39.5 Å². The van der Waals surface area contributed by atoms with E-state index in [0.29, 0.717) is 27.2 Å².